The third-order valence-corrected chi connectivity index (χ3v) is 2.88. The molecule has 0 saturated carbocycles. The summed E-state index contributed by atoms with van der Waals surface area (Å²) < 4.78 is 7.15. The highest BCUT2D eigenvalue weighted by atomic mass is 16.5. The Morgan fingerprint density at radius 1 is 1.25 bits per heavy atom. The van der Waals surface area contributed by atoms with Gasteiger partial charge in [-0.2, -0.15) is 5.26 Å². The normalized spacial score (nSPS) is 10.9. The molecule has 20 heavy (non-hydrogen) atoms. The van der Waals surface area contributed by atoms with E-state index >= 15 is 0 Å². The van der Waals surface area contributed by atoms with Gasteiger partial charge in [0.25, 0.3) is 0 Å². The highest BCUT2D eigenvalue weighted by Gasteiger charge is 2.04. The van der Waals surface area contributed by atoms with E-state index in [2.05, 4.69) is 10.4 Å². The number of nitriles is 1. The van der Waals surface area contributed by atoms with E-state index in [0.717, 1.165) is 16.7 Å². The first-order valence-electron chi connectivity index (χ1n) is 6.23. The Labute approximate surface area is 117 Å². The van der Waals surface area contributed by atoms with E-state index in [-0.39, 0.29) is 6.61 Å². The molecule has 0 saturated heterocycles. The molecular weight excluding hydrogens is 252 g/mol. The minimum atomic E-state index is 0.0556. The molecule has 1 aromatic heterocycles. The number of benzene rings is 1. The van der Waals surface area contributed by atoms with Gasteiger partial charge in [0.2, 0.25) is 0 Å². The second-order valence-electron chi connectivity index (χ2n) is 4.02. The minimum Gasteiger partial charge on any atom is -0.479 e. The first-order chi connectivity index (χ1) is 9.80. The molecule has 5 nitrogen and oxygen atoms in total. The van der Waals surface area contributed by atoms with E-state index in [1.54, 1.807) is 7.05 Å². The molecule has 0 amide bonds. The highest BCUT2D eigenvalue weighted by molar-refractivity contribution is 5.60. The van der Waals surface area contributed by atoms with Crippen LogP contribution in [0.1, 0.15) is 0 Å². The third kappa shape index (κ3) is 2.81. The van der Waals surface area contributed by atoms with Crippen LogP contribution in [0, 0.1) is 11.3 Å². The first-order valence-corrected chi connectivity index (χ1v) is 6.23. The molecule has 0 spiro atoms. The number of rotatable bonds is 4. The molecule has 0 fully saturated rings. The Morgan fingerprint density at radius 3 is 2.60 bits per heavy atom. The summed E-state index contributed by atoms with van der Waals surface area (Å²) in [6.45, 7) is 0.0556. The van der Waals surface area contributed by atoms with Crippen molar-refractivity contribution >= 4 is 0 Å². The summed E-state index contributed by atoms with van der Waals surface area (Å²) in [5.41, 5.74) is 5.99. The summed E-state index contributed by atoms with van der Waals surface area (Å²) in [5, 5.41) is 8.49. The Bertz CT molecular complexity index is 680. The molecule has 0 atom stereocenters. The van der Waals surface area contributed by atoms with Crippen LogP contribution in [0.5, 0.6) is 5.75 Å². The maximum Gasteiger partial charge on any atom is 0.174 e. The molecule has 1 aromatic carbocycles. The number of hydrogen-bond donors (Lipinski definition) is 1. The Balaban J connectivity index is 2.40. The number of aromatic nitrogens is 1. The van der Waals surface area contributed by atoms with Gasteiger partial charge in [-0.1, -0.05) is 6.07 Å². The zero-order valence-electron chi connectivity index (χ0n) is 11.5. The van der Waals surface area contributed by atoms with Gasteiger partial charge >= 0.3 is 0 Å². The summed E-state index contributed by atoms with van der Waals surface area (Å²) in [7, 11) is 3.61. The third-order valence-electron chi connectivity index (χ3n) is 2.88. The van der Waals surface area contributed by atoms with E-state index in [1.165, 1.54) is 0 Å². The second kappa shape index (κ2) is 6.43. The largest absolute Gasteiger partial charge is 0.479 e. The van der Waals surface area contributed by atoms with E-state index < -0.39 is 0 Å². The van der Waals surface area contributed by atoms with E-state index in [9.17, 15) is 0 Å². The molecule has 0 aliphatic heterocycles. The maximum absolute atomic E-state index is 8.49. The predicted molar refractivity (Wildman–Crippen MR) is 77.7 cm³/mol. The molecule has 1 heterocycles. The molecule has 2 aromatic rings. The monoisotopic (exact) mass is 268 g/mol. The van der Waals surface area contributed by atoms with Crippen molar-refractivity contribution in [2.75, 3.05) is 26.1 Å². The van der Waals surface area contributed by atoms with Crippen molar-refractivity contribution < 1.29 is 4.74 Å². The first kappa shape index (κ1) is 13.7. The number of nitrogens with zero attached hydrogens (tertiary/aromatic N) is 3. The van der Waals surface area contributed by atoms with Gasteiger partial charge in [0.05, 0.1) is 5.69 Å². The van der Waals surface area contributed by atoms with Gasteiger partial charge in [-0.15, -0.1) is 0 Å². The second-order valence-corrected chi connectivity index (χ2v) is 4.02. The summed E-state index contributed by atoms with van der Waals surface area (Å²) in [4.78, 5) is 4.23. The van der Waals surface area contributed by atoms with Gasteiger partial charge in [0.1, 0.15) is 17.3 Å². The number of hydrogen-bond acceptors (Lipinski definition) is 4. The molecule has 102 valence electrons. The summed E-state index contributed by atoms with van der Waals surface area (Å²) >= 11 is 0. The fourth-order valence-electron chi connectivity index (χ4n) is 1.97. The maximum atomic E-state index is 8.49. The molecule has 5 heteroatoms. The quantitative estimate of drug-likeness (QED) is 0.919. The molecule has 2 rings (SSSR count). The summed E-state index contributed by atoms with van der Waals surface area (Å²) in [6, 6.07) is 15.5. The smallest absolute Gasteiger partial charge is 0.174 e. The van der Waals surface area contributed by atoms with E-state index in [4.69, 9.17) is 10.00 Å². The Kier molecular flexibility index (Phi) is 4.40. The zero-order chi connectivity index (χ0) is 14.4. The van der Waals surface area contributed by atoms with E-state index in [1.807, 2.05) is 60.3 Å². The van der Waals surface area contributed by atoms with Crippen LogP contribution in [-0.2, 0) is 0 Å². The van der Waals surface area contributed by atoms with Crippen LogP contribution < -0.4 is 15.7 Å². The SMILES string of the molecule is CN=c1cccc(-c2ccc(OCC#N)cc2)n1NC. The van der Waals surface area contributed by atoms with Crippen LogP contribution in [0.2, 0.25) is 0 Å². The van der Waals surface area contributed by atoms with E-state index in [0.29, 0.717) is 5.75 Å². The van der Waals surface area contributed by atoms with Crippen LogP contribution >= 0.6 is 0 Å². The van der Waals surface area contributed by atoms with Crippen molar-refractivity contribution in [3.8, 4) is 23.1 Å². The lowest BCUT2D eigenvalue weighted by Crippen LogP contribution is -2.28. The zero-order valence-corrected chi connectivity index (χ0v) is 11.5. The van der Waals surface area contributed by atoms with Gasteiger partial charge in [-0.3, -0.25) is 4.99 Å². The van der Waals surface area contributed by atoms with Crippen LogP contribution in [0.15, 0.2) is 47.5 Å². The number of pyridine rings is 1. The average molecular weight is 268 g/mol. The lowest BCUT2D eigenvalue weighted by Gasteiger charge is -2.13. The molecule has 0 radical (unpaired) electrons. The van der Waals surface area contributed by atoms with Crippen LogP contribution in [-0.4, -0.2) is 25.4 Å². The lowest BCUT2D eigenvalue weighted by atomic mass is 10.1. The fraction of sp³-hybridized carbons (Fsp3) is 0.200. The van der Waals surface area contributed by atoms with Crippen LogP contribution in [0.25, 0.3) is 11.3 Å². The molecule has 0 bridgehead atoms. The minimum absolute atomic E-state index is 0.0556. The predicted octanol–water partition coefficient (Wildman–Crippen LogP) is 1.76. The van der Waals surface area contributed by atoms with Crippen molar-refractivity contribution in [2.45, 2.75) is 0 Å². The number of ether oxygens (including phenoxy) is 1. The van der Waals surface area contributed by atoms with Gasteiger partial charge in [0.15, 0.2) is 6.61 Å². The molecule has 1 N–H and O–H groups in total. The van der Waals surface area contributed by atoms with Crippen molar-refractivity contribution in [2.24, 2.45) is 4.99 Å². The van der Waals surface area contributed by atoms with Crippen LogP contribution in [0.3, 0.4) is 0 Å². The lowest BCUT2D eigenvalue weighted by molar-refractivity contribution is 0.368. The standard InChI is InChI=1S/C15H16N4O/c1-17-15-5-3-4-14(19(15)18-2)12-6-8-13(9-7-12)20-11-10-16/h3-9,18H,11H2,1-2H3. The van der Waals surface area contributed by atoms with Crippen LogP contribution in [0.4, 0.5) is 0 Å². The molecule has 0 aliphatic carbocycles. The Hall–Kier alpha value is -2.74. The van der Waals surface area contributed by atoms with Gasteiger partial charge < -0.3 is 10.2 Å². The number of nitrogens with one attached hydrogen (secondary N) is 1. The molecule has 0 unspecified atom stereocenters. The molecule has 0 aliphatic rings. The van der Waals surface area contributed by atoms with Crippen molar-refractivity contribution in [1.29, 1.82) is 5.26 Å². The summed E-state index contributed by atoms with van der Waals surface area (Å²) in [6.07, 6.45) is 0. The Morgan fingerprint density at radius 2 is 2.00 bits per heavy atom. The van der Waals surface area contributed by atoms with Gasteiger partial charge in [-0.25, -0.2) is 4.68 Å². The van der Waals surface area contributed by atoms with Gasteiger partial charge in [-0.05, 0) is 36.4 Å². The van der Waals surface area contributed by atoms with Crippen molar-refractivity contribution in [3.63, 3.8) is 0 Å². The highest BCUT2D eigenvalue weighted by Crippen LogP contribution is 2.20. The van der Waals surface area contributed by atoms with Crippen molar-refractivity contribution in [1.82, 2.24) is 4.68 Å². The summed E-state index contributed by atoms with van der Waals surface area (Å²) in [5.74, 6) is 0.683. The fourth-order valence-corrected chi connectivity index (χ4v) is 1.97. The molecular formula is C15H16N4O. The van der Waals surface area contributed by atoms with Crippen molar-refractivity contribution in [3.05, 3.63) is 48.0 Å². The topological polar surface area (TPSA) is 62.3 Å². The average Bonchev–Trinajstić information content (AvgIpc) is 2.52. The van der Waals surface area contributed by atoms with Gasteiger partial charge in [0, 0.05) is 19.7 Å².